The third-order valence-corrected chi connectivity index (χ3v) is 2.77. The van der Waals surface area contributed by atoms with Crippen LogP contribution in [0.1, 0.15) is 29.5 Å². The highest BCUT2D eigenvalue weighted by Crippen LogP contribution is 2.09. The maximum absolute atomic E-state index is 11.9. The topological polar surface area (TPSA) is 80.0 Å². The number of carbonyl (C=O) groups is 1. The van der Waals surface area contributed by atoms with Crippen molar-refractivity contribution in [2.45, 2.75) is 19.8 Å². The van der Waals surface area contributed by atoms with E-state index < -0.39 is 0 Å². The van der Waals surface area contributed by atoms with Gasteiger partial charge in [-0.25, -0.2) is 0 Å². The first-order valence-corrected chi connectivity index (χ1v) is 6.67. The summed E-state index contributed by atoms with van der Waals surface area (Å²) in [6, 6.07) is 7.43. The average molecular weight is 274 g/mol. The third kappa shape index (κ3) is 4.08. The summed E-state index contributed by atoms with van der Waals surface area (Å²) in [7, 11) is 0. The van der Waals surface area contributed by atoms with Crippen molar-refractivity contribution in [1.29, 1.82) is 0 Å². The van der Waals surface area contributed by atoms with Gasteiger partial charge in [-0.2, -0.15) is 4.98 Å². The van der Waals surface area contributed by atoms with Gasteiger partial charge in [0.25, 0.3) is 5.91 Å². The smallest absolute Gasteiger partial charge is 0.251 e. The molecule has 2 aromatic rings. The van der Waals surface area contributed by atoms with Crippen molar-refractivity contribution < 1.29 is 9.32 Å². The molecular weight excluding hydrogens is 256 g/mol. The Kier molecular flexibility index (Phi) is 5.11. The maximum Gasteiger partial charge on any atom is 0.251 e. The lowest BCUT2D eigenvalue weighted by Crippen LogP contribution is -2.25. The maximum atomic E-state index is 11.9. The van der Waals surface area contributed by atoms with Crippen LogP contribution in [0.5, 0.6) is 0 Å². The van der Waals surface area contributed by atoms with E-state index in [4.69, 9.17) is 0 Å². The molecule has 106 valence electrons. The van der Waals surface area contributed by atoms with E-state index in [1.54, 1.807) is 0 Å². The molecule has 0 fully saturated rings. The van der Waals surface area contributed by atoms with Crippen molar-refractivity contribution in [1.82, 2.24) is 15.5 Å². The number of rotatable bonds is 7. The number of nitrogens with zero attached hydrogens (tertiary/aromatic N) is 2. The van der Waals surface area contributed by atoms with Crippen molar-refractivity contribution in [3.8, 4) is 0 Å². The first-order valence-electron chi connectivity index (χ1n) is 6.67. The number of nitrogens with one attached hydrogen (secondary N) is 2. The Bertz CT molecular complexity index is 523. The highest BCUT2D eigenvalue weighted by molar-refractivity contribution is 5.94. The summed E-state index contributed by atoms with van der Waals surface area (Å²) in [6.07, 6.45) is 2.90. The van der Waals surface area contributed by atoms with Gasteiger partial charge in [-0.05, 0) is 30.7 Å². The van der Waals surface area contributed by atoms with Crippen LogP contribution in [-0.2, 0) is 6.42 Å². The van der Waals surface area contributed by atoms with E-state index in [1.165, 1.54) is 6.39 Å². The number of carbonyl (C=O) groups excluding carboxylic acids is 1. The number of benzene rings is 1. The van der Waals surface area contributed by atoms with Crippen molar-refractivity contribution >= 4 is 11.6 Å². The van der Waals surface area contributed by atoms with E-state index in [0.717, 1.165) is 18.7 Å². The highest BCUT2D eigenvalue weighted by Gasteiger charge is 2.05. The molecule has 0 radical (unpaired) electrons. The van der Waals surface area contributed by atoms with E-state index in [0.29, 0.717) is 24.4 Å². The molecule has 0 aliphatic rings. The first kappa shape index (κ1) is 14.0. The third-order valence-electron chi connectivity index (χ3n) is 2.77. The molecule has 0 aliphatic heterocycles. The minimum Gasteiger partial charge on any atom is -0.385 e. The van der Waals surface area contributed by atoms with Gasteiger partial charge in [0.05, 0.1) is 0 Å². The van der Waals surface area contributed by atoms with E-state index in [-0.39, 0.29) is 5.91 Å². The number of hydrogen-bond acceptors (Lipinski definition) is 5. The van der Waals surface area contributed by atoms with Gasteiger partial charge in [0.15, 0.2) is 5.82 Å². The van der Waals surface area contributed by atoms with Gasteiger partial charge in [-0.3, -0.25) is 4.79 Å². The summed E-state index contributed by atoms with van der Waals surface area (Å²) in [5.41, 5.74) is 1.66. The molecule has 0 saturated carbocycles. The Labute approximate surface area is 117 Å². The summed E-state index contributed by atoms with van der Waals surface area (Å²) in [4.78, 5) is 15.8. The van der Waals surface area contributed by atoms with Crippen molar-refractivity contribution in [3.63, 3.8) is 0 Å². The molecule has 0 atom stereocenters. The van der Waals surface area contributed by atoms with Gasteiger partial charge in [0, 0.05) is 30.8 Å². The van der Waals surface area contributed by atoms with Crippen LogP contribution in [0.25, 0.3) is 0 Å². The minimum atomic E-state index is -0.101. The number of amides is 1. The molecule has 0 unspecified atom stereocenters. The van der Waals surface area contributed by atoms with Crippen LogP contribution >= 0.6 is 0 Å². The fourth-order valence-corrected chi connectivity index (χ4v) is 1.70. The van der Waals surface area contributed by atoms with Crippen molar-refractivity contribution in [2.75, 3.05) is 18.4 Å². The van der Waals surface area contributed by atoms with Crippen LogP contribution in [0.3, 0.4) is 0 Å². The zero-order chi connectivity index (χ0) is 14.2. The van der Waals surface area contributed by atoms with Crippen LogP contribution in [-0.4, -0.2) is 29.1 Å². The largest absolute Gasteiger partial charge is 0.385 e. The molecule has 0 bridgehead atoms. The normalized spacial score (nSPS) is 10.2. The molecular formula is C14H18N4O2. The monoisotopic (exact) mass is 274 g/mol. The second-order valence-electron chi connectivity index (χ2n) is 4.36. The van der Waals surface area contributed by atoms with Crippen LogP contribution in [0.15, 0.2) is 35.2 Å². The number of hydrogen-bond donors (Lipinski definition) is 2. The summed E-state index contributed by atoms with van der Waals surface area (Å²) in [5.74, 6) is 0.486. The van der Waals surface area contributed by atoms with E-state index in [9.17, 15) is 4.79 Å². The lowest BCUT2D eigenvalue weighted by Gasteiger charge is -2.06. The first-order chi connectivity index (χ1) is 9.79. The SMILES string of the molecule is CCCNc1ccc(C(=O)NCCc2ncon2)cc1. The van der Waals surface area contributed by atoms with Crippen LogP contribution in [0.2, 0.25) is 0 Å². The zero-order valence-corrected chi connectivity index (χ0v) is 11.4. The van der Waals surface area contributed by atoms with Crippen molar-refractivity contribution in [2.24, 2.45) is 0 Å². The summed E-state index contributed by atoms with van der Waals surface area (Å²) in [5, 5.41) is 9.76. The Morgan fingerprint density at radius 3 is 2.70 bits per heavy atom. The van der Waals surface area contributed by atoms with E-state index >= 15 is 0 Å². The van der Waals surface area contributed by atoms with E-state index in [1.807, 2.05) is 24.3 Å². The Balaban J connectivity index is 1.79. The van der Waals surface area contributed by atoms with Crippen LogP contribution in [0, 0.1) is 0 Å². The molecule has 1 aromatic carbocycles. The molecule has 2 rings (SSSR count). The molecule has 1 heterocycles. The molecule has 0 aliphatic carbocycles. The second-order valence-corrected chi connectivity index (χ2v) is 4.36. The van der Waals surface area contributed by atoms with Crippen LogP contribution < -0.4 is 10.6 Å². The molecule has 1 amide bonds. The average Bonchev–Trinajstić information content (AvgIpc) is 2.99. The highest BCUT2D eigenvalue weighted by atomic mass is 16.5. The lowest BCUT2D eigenvalue weighted by atomic mass is 10.2. The molecule has 6 nitrogen and oxygen atoms in total. The number of aromatic nitrogens is 2. The van der Waals surface area contributed by atoms with Gasteiger partial charge in [0.1, 0.15) is 0 Å². The Morgan fingerprint density at radius 1 is 1.25 bits per heavy atom. The molecule has 20 heavy (non-hydrogen) atoms. The standard InChI is InChI=1S/C14H18N4O2/c1-2-8-15-12-5-3-11(4-6-12)14(19)16-9-7-13-17-10-20-18-13/h3-6,10,15H,2,7-9H2,1H3,(H,16,19). The van der Waals surface area contributed by atoms with Crippen LogP contribution in [0.4, 0.5) is 5.69 Å². The molecule has 2 N–H and O–H groups in total. The van der Waals surface area contributed by atoms with E-state index in [2.05, 4.69) is 32.2 Å². The fourth-order valence-electron chi connectivity index (χ4n) is 1.70. The summed E-state index contributed by atoms with van der Waals surface area (Å²) in [6.45, 7) is 3.52. The van der Waals surface area contributed by atoms with Gasteiger partial charge >= 0.3 is 0 Å². The van der Waals surface area contributed by atoms with Gasteiger partial charge < -0.3 is 15.2 Å². The van der Waals surface area contributed by atoms with Gasteiger partial charge in [-0.1, -0.05) is 12.1 Å². The summed E-state index contributed by atoms with van der Waals surface area (Å²) < 4.78 is 4.62. The zero-order valence-electron chi connectivity index (χ0n) is 11.4. The van der Waals surface area contributed by atoms with Gasteiger partial charge in [0.2, 0.25) is 6.39 Å². The number of anilines is 1. The second kappa shape index (κ2) is 7.28. The fraction of sp³-hybridized carbons (Fsp3) is 0.357. The molecule has 0 spiro atoms. The van der Waals surface area contributed by atoms with Gasteiger partial charge in [-0.15, -0.1) is 0 Å². The van der Waals surface area contributed by atoms with Crippen molar-refractivity contribution in [3.05, 3.63) is 42.0 Å². The lowest BCUT2D eigenvalue weighted by molar-refractivity contribution is 0.0954. The molecule has 6 heteroatoms. The predicted octanol–water partition coefficient (Wildman–Crippen LogP) is 1.86. The predicted molar refractivity (Wildman–Crippen MR) is 75.6 cm³/mol. The quantitative estimate of drug-likeness (QED) is 0.805. The molecule has 1 aromatic heterocycles. The Hall–Kier alpha value is -2.37. The minimum absolute atomic E-state index is 0.101. The summed E-state index contributed by atoms with van der Waals surface area (Å²) >= 11 is 0. The Morgan fingerprint density at radius 2 is 2.05 bits per heavy atom. The molecule has 0 saturated heterocycles.